The van der Waals surface area contributed by atoms with Gasteiger partial charge in [0.1, 0.15) is 0 Å². The number of amides is 2. The van der Waals surface area contributed by atoms with Gasteiger partial charge in [0, 0.05) is 39.8 Å². The fourth-order valence-electron chi connectivity index (χ4n) is 2.66. The number of ether oxygens (including phenoxy) is 1. The Kier molecular flexibility index (Phi) is 6.59. The SMILES string of the molecule is COC(C)[C@H](C)NC(=O)N1CCN(Cc2ccc(C#N)cc2)CC1. The van der Waals surface area contributed by atoms with Gasteiger partial charge in [0.15, 0.2) is 0 Å². The van der Waals surface area contributed by atoms with Crippen LogP contribution in [-0.4, -0.2) is 61.3 Å². The molecule has 1 aliphatic heterocycles. The van der Waals surface area contributed by atoms with Gasteiger partial charge in [-0.05, 0) is 31.5 Å². The Balaban J connectivity index is 1.78. The normalized spacial score (nSPS) is 17.8. The molecule has 0 bridgehead atoms. The maximum absolute atomic E-state index is 12.3. The van der Waals surface area contributed by atoms with E-state index in [0.29, 0.717) is 5.56 Å². The summed E-state index contributed by atoms with van der Waals surface area (Å²) >= 11 is 0. The van der Waals surface area contributed by atoms with Gasteiger partial charge < -0.3 is 15.0 Å². The molecule has 0 aromatic heterocycles. The molecule has 0 aliphatic carbocycles. The molecule has 1 saturated heterocycles. The molecule has 130 valence electrons. The molecule has 2 rings (SSSR count). The number of rotatable bonds is 5. The van der Waals surface area contributed by atoms with E-state index in [1.165, 1.54) is 5.56 Å². The van der Waals surface area contributed by atoms with Crippen LogP contribution in [0.4, 0.5) is 4.79 Å². The van der Waals surface area contributed by atoms with E-state index in [9.17, 15) is 4.79 Å². The molecular formula is C18H26N4O2. The monoisotopic (exact) mass is 330 g/mol. The first kappa shape index (κ1) is 18.2. The highest BCUT2D eigenvalue weighted by molar-refractivity contribution is 5.74. The zero-order chi connectivity index (χ0) is 17.5. The lowest BCUT2D eigenvalue weighted by molar-refractivity contribution is 0.0841. The maximum Gasteiger partial charge on any atom is 0.317 e. The molecule has 1 N–H and O–H groups in total. The van der Waals surface area contributed by atoms with Crippen molar-refractivity contribution in [2.24, 2.45) is 0 Å². The number of carbonyl (C=O) groups excluding carboxylic acids is 1. The number of hydrogen-bond acceptors (Lipinski definition) is 4. The third kappa shape index (κ3) is 4.95. The molecule has 0 radical (unpaired) electrons. The standard InChI is InChI=1S/C18H26N4O2/c1-14(15(2)24-3)20-18(23)22-10-8-21(9-11-22)13-17-6-4-16(12-19)5-7-17/h4-7,14-15H,8-11,13H2,1-3H3,(H,20,23)/t14-,15?/m0/s1. The average molecular weight is 330 g/mol. The van der Waals surface area contributed by atoms with Crippen molar-refractivity contribution in [1.29, 1.82) is 5.26 Å². The van der Waals surface area contributed by atoms with Crippen LogP contribution in [0.5, 0.6) is 0 Å². The third-order valence-electron chi connectivity index (χ3n) is 4.58. The third-order valence-corrected chi connectivity index (χ3v) is 4.58. The number of carbonyl (C=O) groups is 1. The van der Waals surface area contributed by atoms with Gasteiger partial charge in [0.25, 0.3) is 0 Å². The number of urea groups is 1. The molecule has 2 atom stereocenters. The fraction of sp³-hybridized carbons (Fsp3) is 0.556. The van der Waals surface area contributed by atoms with E-state index in [1.54, 1.807) is 7.11 Å². The minimum absolute atomic E-state index is 0.00776. The fourth-order valence-corrected chi connectivity index (χ4v) is 2.66. The first-order valence-corrected chi connectivity index (χ1v) is 8.33. The number of hydrogen-bond donors (Lipinski definition) is 1. The van der Waals surface area contributed by atoms with E-state index in [2.05, 4.69) is 16.3 Å². The summed E-state index contributed by atoms with van der Waals surface area (Å²) in [5.41, 5.74) is 1.87. The van der Waals surface area contributed by atoms with Crippen LogP contribution in [0.3, 0.4) is 0 Å². The zero-order valence-corrected chi connectivity index (χ0v) is 14.7. The van der Waals surface area contributed by atoms with Crippen LogP contribution in [0.1, 0.15) is 25.0 Å². The van der Waals surface area contributed by atoms with Gasteiger partial charge in [-0.2, -0.15) is 5.26 Å². The summed E-state index contributed by atoms with van der Waals surface area (Å²) in [6.07, 6.45) is -0.00776. The molecule has 0 saturated carbocycles. The molecule has 24 heavy (non-hydrogen) atoms. The highest BCUT2D eigenvalue weighted by atomic mass is 16.5. The van der Waals surface area contributed by atoms with Crippen molar-refractivity contribution in [1.82, 2.24) is 15.1 Å². The van der Waals surface area contributed by atoms with Crippen LogP contribution >= 0.6 is 0 Å². The van der Waals surface area contributed by atoms with E-state index in [4.69, 9.17) is 10.00 Å². The summed E-state index contributed by atoms with van der Waals surface area (Å²) in [7, 11) is 1.65. The average Bonchev–Trinajstić information content (AvgIpc) is 2.62. The largest absolute Gasteiger partial charge is 0.380 e. The van der Waals surface area contributed by atoms with Crippen LogP contribution in [0.15, 0.2) is 24.3 Å². The number of benzene rings is 1. The predicted octanol–water partition coefficient (Wildman–Crippen LogP) is 1.81. The number of nitrogens with one attached hydrogen (secondary N) is 1. The van der Waals surface area contributed by atoms with Gasteiger partial charge in [-0.3, -0.25) is 4.90 Å². The van der Waals surface area contributed by atoms with Crippen LogP contribution in [0.2, 0.25) is 0 Å². The Hall–Kier alpha value is -2.10. The molecule has 6 nitrogen and oxygen atoms in total. The second-order valence-corrected chi connectivity index (χ2v) is 6.25. The van der Waals surface area contributed by atoms with Gasteiger partial charge in [0.2, 0.25) is 0 Å². The lowest BCUT2D eigenvalue weighted by atomic mass is 10.1. The van der Waals surface area contributed by atoms with Gasteiger partial charge in [-0.25, -0.2) is 4.79 Å². The van der Waals surface area contributed by atoms with E-state index in [0.717, 1.165) is 32.7 Å². The maximum atomic E-state index is 12.3. The highest BCUT2D eigenvalue weighted by Crippen LogP contribution is 2.10. The number of nitrogens with zero attached hydrogens (tertiary/aromatic N) is 3. The van der Waals surface area contributed by atoms with Crippen LogP contribution in [0, 0.1) is 11.3 Å². The quantitative estimate of drug-likeness (QED) is 0.894. The minimum atomic E-state index is -0.0237. The number of nitriles is 1. The lowest BCUT2D eigenvalue weighted by Gasteiger charge is -2.35. The van der Waals surface area contributed by atoms with Crippen molar-refractivity contribution in [3.05, 3.63) is 35.4 Å². The molecule has 2 amide bonds. The first-order chi connectivity index (χ1) is 11.5. The van der Waals surface area contributed by atoms with Crippen molar-refractivity contribution in [2.45, 2.75) is 32.5 Å². The summed E-state index contributed by atoms with van der Waals surface area (Å²) in [5, 5.41) is 11.8. The van der Waals surface area contributed by atoms with Crippen molar-refractivity contribution >= 4 is 6.03 Å². The Labute approximate surface area is 144 Å². The van der Waals surface area contributed by atoms with Gasteiger partial charge in [0.05, 0.1) is 23.8 Å². The topological polar surface area (TPSA) is 68.6 Å². The van der Waals surface area contributed by atoms with Gasteiger partial charge in [-0.15, -0.1) is 0 Å². The molecule has 0 spiro atoms. The highest BCUT2D eigenvalue weighted by Gasteiger charge is 2.23. The van der Waals surface area contributed by atoms with Crippen molar-refractivity contribution in [2.75, 3.05) is 33.3 Å². The zero-order valence-electron chi connectivity index (χ0n) is 14.7. The summed E-state index contributed by atoms with van der Waals surface area (Å²) in [5.74, 6) is 0. The number of methoxy groups -OCH3 is 1. The minimum Gasteiger partial charge on any atom is -0.380 e. The Morgan fingerprint density at radius 1 is 1.25 bits per heavy atom. The lowest BCUT2D eigenvalue weighted by Crippen LogP contribution is -2.54. The Morgan fingerprint density at radius 2 is 1.88 bits per heavy atom. The number of piperazine rings is 1. The van der Waals surface area contributed by atoms with Gasteiger partial charge >= 0.3 is 6.03 Å². The molecule has 1 unspecified atom stereocenters. The van der Waals surface area contributed by atoms with Crippen LogP contribution in [0.25, 0.3) is 0 Å². The predicted molar refractivity (Wildman–Crippen MR) is 92.5 cm³/mol. The van der Waals surface area contributed by atoms with E-state index < -0.39 is 0 Å². The van der Waals surface area contributed by atoms with Crippen molar-refractivity contribution in [3.8, 4) is 6.07 Å². The Morgan fingerprint density at radius 3 is 2.42 bits per heavy atom. The van der Waals surface area contributed by atoms with E-state index >= 15 is 0 Å². The molecule has 1 aromatic rings. The van der Waals surface area contributed by atoms with Crippen LogP contribution in [-0.2, 0) is 11.3 Å². The summed E-state index contributed by atoms with van der Waals surface area (Å²) < 4.78 is 5.24. The van der Waals surface area contributed by atoms with Gasteiger partial charge in [-0.1, -0.05) is 12.1 Å². The van der Waals surface area contributed by atoms with Crippen molar-refractivity contribution in [3.63, 3.8) is 0 Å². The summed E-state index contributed by atoms with van der Waals surface area (Å²) in [4.78, 5) is 16.5. The second kappa shape index (κ2) is 8.67. The smallest absolute Gasteiger partial charge is 0.317 e. The van der Waals surface area contributed by atoms with Crippen LogP contribution < -0.4 is 5.32 Å². The van der Waals surface area contributed by atoms with Crippen molar-refractivity contribution < 1.29 is 9.53 Å². The first-order valence-electron chi connectivity index (χ1n) is 8.33. The second-order valence-electron chi connectivity index (χ2n) is 6.25. The summed E-state index contributed by atoms with van der Waals surface area (Å²) in [6, 6.07) is 9.76. The molecule has 1 fully saturated rings. The molecular weight excluding hydrogens is 304 g/mol. The molecule has 1 aromatic carbocycles. The molecule has 1 heterocycles. The Bertz CT molecular complexity index is 574. The molecule has 1 aliphatic rings. The van der Waals surface area contributed by atoms with E-state index in [-0.39, 0.29) is 18.2 Å². The molecule has 6 heteroatoms. The van der Waals surface area contributed by atoms with E-state index in [1.807, 2.05) is 43.0 Å². The summed E-state index contributed by atoms with van der Waals surface area (Å²) in [6.45, 7) is 7.88.